The van der Waals surface area contributed by atoms with Gasteiger partial charge in [0.25, 0.3) is 5.91 Å². The topological polar surface area (TPSA) is 90.5 Å². The fourth-order valence-electron chi connectivity index (χ4n) is 3.51. The van der Waals surface area contributed by atoms with E-state index in [2.05, 4.69) is 36.2 Å². The summed E-state index contributed by atoms with van der Waals surface area (Å²) in [4.78, 5) is 21.8. The quantitative estimate of drug-likeness (QED) is 0.511. The van der Waals surface area contributed by atoms with Gasteiger partial charge >= 0.3 is 0 Å². The van der Waals surface area contributed by atoms with Crippen molar-refractivity contribution in [2.24, 2.45) is 0 Å². The van der Waals surface area contributed by atoms with Gasteiger partial charge in [0.05, 0.1) is 12.0 Å². The Balaban J connectivity index is 1.20. The van der Waals surface area contributed by atoms with E-state index in [0.29, 0.717) is 23.3 Å². The van der Waals surface area contributed by atoms with Crippen molar-refractivity contribution in [3.8, 4) is 16.5 Å². The summed E-state index contributed by atoms with van der Waals surface area (Å²) in [6.45, 7) is 0. The van der Waals surface area contributed by atoms with Crippen molar-refractivity contribution in [2.75, 3.05) is 5.32 Å². The first-order valence-electron chi connectivity index (χ1n) is 10.1. The molecule has 3 heterocycles. The summed E-state index contributed by atoms with van der Waals surface area (Å²) in [5, 5.41) is 13.7. The lowest BCUT2D eigenvalue weighted by Gasteiger charge is -2.06. The van der Waals surface area contributed by atoms with Gasteiger partial charge in [-0.2, -0.15) is 0 Å². The zero-order valence-electron chi connectivity index (χ0n) is 16.1. The minimum absolute atomic E-state index is 0.195. The first kappa shape index (κ1) is 17.5. The molecule has 8 nitrogen and oxygen atoms in total. The van der Waals surface area contributed by atoms with Crippen molar-refractivity contribution in [3.63, 3.8) is 0 Å². The van der Waals surface area contributed by atoms with Crippen LogP contribution in [0.15, 0.2) is 48.5 Å². The monoisotopic (exact) mass is 417 g/mol. The molecule has 1 N–H and O–H groups in total. The van der Waals surface area contributed by atoms with Crippen LogP contribution in [-0.2, 0) is 0 Å². The Hall–Kier alpha value is -3.33. The van der Waals surface area contributed by atoms with Crippen LogP contribution in [0.1, 0.15) is 53.7 Å². The van der Waals surface area contributed by atoms with Crippen LogP contribution in [0.25, 0.3) is 16.5 Å². The van der Waals surface area contributed by atoms with E-state index in [0.717, 1.165) is 35.1 Å². The molecule has 0 radical (unpaired) electrons. The second kappa shape index (κ2) is 6.88. The summed E-state index contributed by atoms with van der Waals surface area (Å²) in [7, 11) is 0. The second-order valence-electron chi connectivity index (χ2n) is 7.82. The molecule has 4 aromatic rings. The molecule has 1 amide bonds. The van der Waals surface area contributed by atoms with Gasteiger partial charge in [-0.3, -0.25) is 4.79 Å². The first-order chi connectivity index (χ1) is 14.7. The van der Waals surface area contributed by atoms with Gasteiger partial charge in [0, 0.05) is 34.8 Å². The Morgan fingerprint density at radius 1 is 1.17 bits per heavy atom. The Morgan fingerprint density at radius 3 is 2.90 bits per heavy atom. The number of nitrogens with zero attached hydrogens (tertiary/aromatic N) is 6. The molecule has 9 heteroatoms. The van der Waals surface area contributed by atoms with E-state index in [-0.39, 0.29) is 5.91 Å². The maximum atomic E-state index is 12.8. The van der Waals surface area contributed by atoms with E-state index in [9.17, 15) is 4.79 Å². The fourth-order valence-corrected chi connectivity index (χ4v) is 4.25. The van der Waals surface area contributed by atoms with Crippen LogP contribution in [0, 0.1) is 0 Å². The standard InChI is InChI=1S/C21H19N7OS/c29-20(14-2-1-3-16(8-14)27-9-17(22-11-27)13-4-5-13)24-18-10-30-21(25-18)19-26-23-12-28(19)15-6-7-15/h1-3,8-13,15H,4-7H2,(H,24,29). The lowest BCUT2D eigenvalue weighted by atomic mass is 10.2. The number of anilines is 1. The van der Waals surface area contributed by atoms with Crippen LogP contribution in [0.5, 0.6) is 0 Å². The summed E-state index contributed by atoms with van der Waals surface area (Å²) < 4.78 is 4.03. The number of benzene rings is 1. The van der Waals surface area contributed by atoms with Crippen molar-refractivity contribution in [1.82, 2.24) is 29.3 Å². The van der Waals surface area contributed by atoms with Crippen LogP contribution in [0.2, 0.25) is 0 Å². The Bertz CT molecular complexity index is 1230. The third-order valence-electron chi connectivity index (χ3n) is 5.46. The van der Waals surface area contributed by atoms with Crippen molar-refractivity contribution in [2.45, 2.75) is 37.6 Å². The van der Waals surface area contributed by atoms with Gasteiger partial charge in [-0.25, -0.2) is 9.97 Å². The lowest BCUT2D eigenvalue weighted by Crippen LogP contribution is -2.12. The van der Waals surface area contributed by atoms with Gasteiger partial charge in [-0.1, -0.05) is 6.07 Å². The molecule has 2 aliphatic carbocycles. The minimum Gasteiger partial charge on any atom is -0.308 e. The van der Waals surface area contributed by atoms with E-state index in [1.54, 1.807) is 12.4 Å². The zero-order valence-corrected chi connectivity index (χ0v) is 16.9. The van der Waals surface area contributed by atoms with Crippen LogP contribution in [0.4, 0.5) is 5.82 Å². The number of amides is 1. The van der Waals surface area contributed by atoms with Crippen LogP contribution >= 0.6 is 11.3 Å². The molecule has 0 saturated heterocycles. The molecule has 150 valence electrons. The Kier molecular flexibility index (Phi) is 4.02. The highest BCUT2D eigenvalue weighted by Gasteiger charge is 2.28. The van der Waals surface area contributed by atoms with Crippen molar-refractivity contribution < 1.29 is 4.79 Å². The summed E-state index contributed by atoms with van der Waals surface area (Å²) in [6, 6.07) is 7.99. The van der Waals surface area contributed by atoms with Gasteiger partial charge < -0.3 is 14.5 Å². The van der Waals surface area contributed by atoms with Crippen LogP contribution in [-0.4, -0.2) is 35.2 Å². The van der Waals surface area contributed by atoms with Gasteiger partial charge in [0.1, 0.15) is 12.1 Å². The normalized spacial score (nSPS) is 16.0. The third kappa shape index (κ3) is 3.30. The number of aromatic nitrogens is 6. The van der Waals surface area contributed by atoms with Gasteiger partial charge in [0.2, 0.25) is 0 Å². The van der Waals surface area contributed by atoms with Gasteiger partial charge in [-0.05, 0) is 43.9 Å². The molecule has 0 aliphatic heterocycles. The minimum atomic E-state index is -0.195. The SMILES string of the molecule is O=C(Nc1csc(-c2nncn2C2CC2)n1)c1cccc(-n2cnc(C3CC3)c2)c1. The summed E-state index contributed by atoms with van der Waals surface area (Å²) in [5.41, 5.74) is 2.61. The molecular weight excluding hydrogens is 398 g/mol. The van der Waals surface area contributed by atoms with E-state index >= 15 is 0 Å². The smallest absolute Gasteiger partial charge is 0.256 e. The van der Waals surface area contributed by atoms with E-state index < -0.39 is 0 Å². The second-order valence-corrected chi connectivity index (χ2v) is 8.67. The summed E-state index contributed by atoms with van der Waals surface area (Å²) >= 11 is 1.45. The van der Waals surface area contributed by atoms with E-state index in [1.165, 1.54) is 24.2 Å². The molecule has 1 aromatic carbocycles. The molecule has 0 unspecified atom stereocenters. The molecule has 30 heavy (non-hydrogen) atoms. The van der Waals surface area contributed by atoms with Crippen molar-refractivity contribution >= 4 is 23.1 Å². The maximum absolute atomic E-state index is 12.8. The van der Waals surface area contributed by atoms with Crippen molar-refractivity contribution in [3.05, 3.63) is 59.8 Å². The van der Waals surface area contributed by atoms with E-state index in [4.69, 9.17) is 0 Å². The van der Waals surface area contributed by atoms with Gasteiger partial charge in [0.15, 0.2) is 10.8 Å². The predicted octanol–water partition coefficient (Wildman–Crippen LogP) is 4.05. The van der Waals surface area contributed by atoms with Gasteiger partial charge in [-0.15, -0.1) is 21.5 Å². The highest BCUT2D eigenvalue weighted by molar-refractivity contribution is 7.13. The summed E-state index contributed by atoms with van der Waals surface area (Å²) in [6.07, 6.45) is 10.3. The number of carbonyl (C=O) groups is 1. The molecule has 6 rings (SSSR count). The number of hydrogen-bond acceptors (Lipinski definition) is 6. The Labute approximate surface area is 176 Å². The number of nitrogens with one attached hydrogen (secondary N) is 1. The summed E-state index contributed by atoms with van der Waals surface area (Å²) in [5.74, 6) is 1.69. The molecular formula is C21H19N7OS. The molecule has 2 aliphatic rings. The Morgan fingerprint density at radius 2 is 2.07 bits per heavy atom. The lowest BCUT2D eigenvalue weighted by molar-refractivity contribution is 0.102. The first-order valence-corrected chi connectivity index (χ1v) is 10.9. The number of carbonyl (C=O) groups excluding carboxylic acids is 1. The fraction of sp³-hybridized carbons (Fsp3) is 0.286. The van der Waals surface area contributed by atoms with Crippen LogP contribution in [0.3, 0.4) is 0 Å². The molecule has 0 atom stereocenters. The van der Waals surface area contributed by atoms with Crippen molar-refractivity contribution in [1.29, 1.82) is 0 Å². The molecule has 0 spiro atoms. The number of rotatable bonds is 6. The average molecular weight is 417 g/mol. The average Bonchev–Trinajstić information content (AvgIpc) is 3.64. The molecule has 3 aromatic heterocycles. The molecule has 0 bridgehead atoms. The maximum Gasteiger partial charge on any atom is 0.256 e. The number of hydrogen-bond donors (Lipinski definition) is 1. The third-order valence-corrected chi connectivity index (χ3v) is 6.29. The highest BCUT2D eigenvalue weighted by Crippen LogP contribution is 2.39. The molecule has 2 saturated carbocycles. The zero-order chi connectivity index (χ0) is 20.1. The number of thiazole rings is 1. The van der Waals surface area contributed by atoms with E-state index in [1.807, 2.05) is 34.5 Å². The number of imidazole rings is 1. The van der Waals surface area contributed by atoms with Crippen LogP contribution < -0.4 is 5.32 Å². The highest BCUT2D eigenvalue weighted by atomic mass is 32.1. The molecule has 2 fully saturated rings. The predicted molar refractivity (Wildman–Crippen MR) is 113 cm³/mol. The largest absolute Gasteiger partial charge is 0.308 e.